The third kappa shape index (κ3) is 2.80. The van der Waals surface area contributed by atoms with Crippen molar-refractivity contribution in [1.29, 1.82) is 5.26 Å². The van der Waals surface area contributed by atoms with Crippen LogP contribution >= 0.6 is 23.4 Å². The largest absolute Gasteiger partial charge is 0.192 e. The zero-order chi connectivity index (χ0) is 9.68. The molecule has 0 saturated carbocycles. The van der Waals surface area contributed by atoms with Crippen LogP contribution in [0, 0.1) is 11.3 Å². The first-order valence-electron chi connectivity index (χ1n) is 3.71. The van der Waals surface area contributed by atoms with E-state index in [1.807, 2.05) is 18.2 Å². The predicted octanol–water partition coefficient (Wildman–Crippen LogP) is 3.49. The van der Waals surface area contributed by atoms with Gasteiger partial charge in [-0.15, -0.1) is 18.3 Å². The van der Waals surface area contributed by atoms with Crippen molar-refractivity contribution in [2.75, 3.05) is 5.75 Å². The van der Waals surface area contributed by atoms with Crippen molar-refractivity contribution in [3.05, 3.63) is 41.4 Å². The van der Waals surface area contributed by atoms with Gasteiger partial charge in [0.2, 0.25) is 0 Å². The van der Waals surface area contributed by atoms with E-state index in [-0.39, 0.29) is 0 Å². The van der Waals surface area contributed by atoms with E-state index in [1.165, 1.54) is 0 Å². The van der Waals surface area contributed by atoms with Gasteiger partial charge in [0, 0.05) is 10.6 Å². The fraction of sp³-hybridized carbons (Fsp3) is 0.100. The molecule has 0 spiro atoms. The summed E-state index contributed by atoms with van der Waals surface area (Å²) in [6, 6.07) is 7.43. The lowest BCUT2D eigenvalue weighted by atomic mass is 10.2. The van der Waals surface area contributed by atoms with Crippen molar-refractivity contribution in [3.8, 4) is 6.07 Å². The van der Waals surface area contributed by atoms with Crippen molar-refractivity contribution in [3.63, 3.8) is 0 Å². The summed E-state index contributed by atoms with van der Waals surface area (Å²) in [4.78, 5) is 1.06. The molecule has 1 rings (SSSR count). The van der Waals surface area contributed by atoms with Gasteiger partial charge in [0.15, 0.2) is 0 Å². The molecule has 0 atom stereocenters. The fourth-order valence-electron chi connectivity index (χ4n) is 0.831. The summed E-state index contributed by atoms with van der Waals surface area (Å²) >= 11 is 7.49. The highest BCUT2D eigenvalue weighted by atomic mass is 35.5. The molecule has 1 nitrogen and oxygen atoms in total. The van der Waals surface area contributed by atoms with E-state index in [9.17, 15) is 0 Å². The number of benzene rings is 1. The second-order valence-electron chi connectivity index (χ2n) is 2.35. The van der Waals surface area contributed by atoms with E-state index in [0.717, 1.165) is 10.6 Å². The van der Waals surface area contributed by atoms with Gasteiger partial charge in [0.25, 0.3) is 0 Å². The molecule has 13 heavy (non-hydrogen) atoms. The van der Waals surface area contributed by atoms with Crippen LogP contribution in [0.2, 0.25) is 5.02 Å². The molecule has 66 valence electrons. The monoisotopic (exact) mass is 209 g/mol. The van der Waals surface area contributed by atoms with Crippen LogP contribution in [0.4, 0.5) is 0 Å². The number of rotatable bonds is 3. The van der Waals surface area contributed by atoms with Gasteiger partial charge in [-0.2, -0.15) is 5.26 Å². The summed E-state index contributed by atoms with van der Waals surface area (Å²) in [5.41, 5.74) is 0.518. The first-order valence-corrected chi connectivity index (χ1v) is 5.07. The molecule has 0 saturated heterocycles. The predicted molar refractivity (Wildman–Crippen MR) is 57.1 cm³/mol. The molecule has 0 aliphatic carbocycles. The van der Waals surface area contributed by atoms with E-state index < -0.39 is 0 Å². The standard InChI is InChI=1S/C10H8ClNS/c1-2-5-13-9-4-3-8(7-12)10(11)6-9/h2-4,6H,1,5H2. The molecular formula is C10H8ClNS. The summed E-state index contributed by atoms with van der Waals surface area (Å²) in [5, 5.41) is 9.14. The van der Waals surface area contributed by atoms with Crippen LogP contribution in [-0.2, 0) is 0 Å². The zero-order valence-electron chi connectivity index (χ0n) is 6.96. The molecule has 0 N–H and O–H groups in total. The van der Waals surface area contributed by atoms with E-state index >= 15 is 0 Å². The van der Waals surface area contributed by atoms with Gasteiger partial charge in [0.1, 0.15) is 6.07 Å². The maximum absolute atomic E-state index is 8.63. The lowest BCUT2D eigenvalue weighted by Gasteiger charge is -1.99. The molecule has 1 aromatic rings. The van der Waals surface area contributed by atoms with Gasteiger partial charge in [-0.05, 0) is 18.2 Å². The maximum atomic E-state index is 8.63. The Morgan fingerprint density at radius 2 is 2.38 bits per heavy atom. The van der Waals surface area contributed by atoms with Crippen LogP contribution in [0.5, 0.6) is 0 Å². The number of nitrogens with zero attached hydrogens (tertiary/aromatic N) is 1. The maximum Gasteiger partial charge on any atom is 0.101 e. The van der Waals surface area contributed by atoms with Gasteiger partial charge in [-0.1, -0.05) is 17.7 Å². The average Bonchev–Trinajstić information content (AvgIpc) is 2.15. The molecule has 0 fully saturated rings. The van der Waals surface area contributed by atoms with Crippen molar-refractivity contribution < 1.29 is 0 Å². The van der Waals surface area contributed by atoms with Crippen LogP contribution in [0.25, 0.3) is 0 Å². The van der Waals surface area contributed by atoms with Crippen molar-refractivity contribution in [2.45, 2.75) is 4.90 Å². The van der Waals surface area contributed by atoms with Crippen LogP contribution < -0.4 is 0 Å². The zero-order valence-corrected chi connectivity index (χ0v) is 8.53. The summed E-state index contributed by atoms with van der Waals surface area (Å²) in [6.45, 7) is 3.63. The lowest BCUT2D eigenvalue weighted by Crippen LogP contribution is -1.79. The molecule has 3 heteroatoms. The first kappa shape index (κ1) is 10.2. The molecule has 1 aromatic carbocycles. The molecule has 0 bridgehead atoms. The van der Waals surface area contributed by atoms with Crippen LogP contribution in [0.1, 0.15) is 5.56 Å². The quantitative estimate of drug-likeness (QED) is 0.562. The summed E-state index contributed by atoms with van der Waals surface area (Å²) in [5.74, 6) is 0.849. The number of hydrogen-bond donors (Lipinski definition) is 0. The van der Waals surface area contributed by atoms with Crippen LogP contribution in [0.15, 0.2) is 35.7 Å². The van der Waals surface area contributed by atoms with E-state index in [2.05, 4.69) is 6.58 Å². The van der Waals surface area contributed by atoms with Crippen LogP contribution in [0.3, 0.4) is 0 Å². The van der Waals surface area contributed by atoms with Crippen molar-refractivity contribution in [2.24, 2.45) is 0 Å². The second-order valence-corrected chi connectivity index (χ2v) is 3.85. The third-order valence-corrected chi connectivity index (χ3v) is 2.73. The second kappa shape index (κ2) is 4.96. The molecule has 0 heterocycles. The number of hydrogen-bond acceptors (Lipinski definition) is 2. The van der Waals surface area contributed by atoms with E-state index in [1.54, 1.807) is 23.9 Å². The number of nitriles is 1. The minimum absolute atomic E-state index is 0.511. The Balaban J connectivity index is 2.84. The van der Waals surface area contributed by atoms with E-state index in [4.69, 9.17) is 16.9 Å². The molecule has 0 aliphatic rings. The highest BCUT2D eigenvalue weighted by Crippen LogP contribution is 2.24. The van der Waals surface area contributed by atoms with Crippen LogP contribution in [-0.4, -0.2) is 5.75 Å². The molecular weight excluding hydrogens is 202 g/mol. The molecule has 0 amide bonds. The Hall–Kier alpha value is -0.910. The Morgan fingerprint density at radius 1 is 1.62 bits per heavy atom. The fourth-order valence-corrected chi connectivity index (χ4v) is 1.79. The van der Waals surface area contributed by atoms with E-state index in [0.29, 0.717) is 10.6 Å². The lowest BCUT2D eigenvalue weighted by molar-refractivity contribution is 1.41. The van der Waals surface area contributed by atoms with Crippen molar-refractivity contribution in [1.82, 2.24) is 0 Å². The van der Waals surface area contributed by atoms with Crippen molar-refractivity contribution >= 4 is 23.4 Å². The van der Waals surface area contributed by atoms with Gasteiger partial charge in [-0.3, -0.25) is 0 Å². The Labute approximate surface area is 87.0 Å². The topological polar surface area (TPSA) is 23.8 Å². The Bertz CT molecular complexity index is 354. The molecule has 0 unspecified atom stereocenters. The highest BCUT2D eigenvalue weighted by molar-refractivity contribution is 7.99. The third-order valence-electron chi connectivity index (χ3n) is 1.43. The number of halogens is 1. The van der Waals surface area contributed by atoms with Gasteiger partial charge in [0.05, 0.1) is 10.6 Å². The first-order chi connectivity index (χ1) is 6.27. The molecule has 0 radical (unpaired) electrons. The Kier molecular flexibility index (Phi) is 3.88. The minimum atomic E-state index is 0.511. The normalized spacial score (nSPS) is 9.23. The summed E-state index contributed by atoms with van der Waals surface area (Å²) in [6.07, 6.45) is 1.83. The minimum Gasteiger partial charge on any atom is -0.192 e. The van der Waals surface area contributed by atoms with Gasteiger partial charge < -0.3 is 0 Å². The number of thioether (sulfide) groups is 1. The SMILES string of the molecule is C=CCSc1ccc(C#N)c(Cl)c1. The Morgan fingerprint density at radius 3 is 2.92 bits per heavy atom. The highest BCUT2D eigenvalue weighted by Gasteiger charge is 2.00. The smallest absolute Gasteiger partial charge is 0.101 e. The summed E-state index contributed by atoms with van der Waals surface area (Å²) < 4.78 is 0. The average molecular weight is 210 g/mol. The molecule has 0 aliphatic heterocycles. The summed E-state index contributed by atoms with van der Waals surface area (Å²) in [7, 11) is 0. The molecule has 0 aromatic heterocycles. The van der Waals surface area contributed by atoms with Gasteiger partial charge >= 0.3 is 0 Å². The van der Waals surface area contributed by atoms with Gasteiger partial charge in [-0.25, -0.2) is 0 Å².